The minimum Gasteiger partial charge on any atom is -0.490 e. The van der Waals surface area contributed by atoms with E-state index in [1.807, 2.05) is 0 Å². The van der Waals surface area contributed by atoms with E-state index in [0.717, 1.165) is 12.8 Å². The van der Waals surface area contributed by atoms with Crippen LogP contribution in [0.25, 0.3) is 0 Å². The van der Waals surface area contributed by atoms with Gasteiger partial charge in [0.15, 0.2) is 5.75 Å². The van der Waals surface area contributed by atoms with Crippen LogP contribution in [0.5, 0.6) is 5.75 Å². The molecule has 7 nitrogen and oxygen atoms in total. The Morgan fingerprint density at radius 3 is 2.80 bits per heavy atom. The predicted octanol–water partition coefficient (Wildman–Crippen LogP) is 2.27. The molecule has 20 heavy (non-hydrogen) atoms. The normalized spacial score (nSPS) is 15.4. The highest BCUT2D eigenvalue weighted by atomic mass is 16.6. The highest BCUT2D eigenvalue weighted by molar-refractivity contribution is 5.69. The van der Waals surface area contributed by atoms with E-state index >= 15 is 0 Å². The molecule has 0 bridgehead atoms. The summed E-state index contributed by atoms with van der Waals surface area (Å²) in [6, 6.07) is 4.29. The summed E-state index contributed by atoms with van der Waals surface area (Å²) in [7, 11) is 1.36. The number of methoxy groups -OCH3 is 1. The second-order valence-electron chi connectivity index (χ2n) is 4.83. The minimum absolute atomic E-state index is 0.0317. The molecule has 0 saturated heterocycles. The third-order valence-corrected chi connectivity index (χ3v) is 3.31. The van der Waals surface area contributed by atoms with Crippen LogP contribution in [-0.4, -0.2) is 29.2 Å². The number of nitrogens with zero attached hydrogens (tertiary/aromatic N) is 1. The van der Waals surface area contributed by atoms with Crippen LogP contribution in [0.1, 0.15) is 19.3 Å². The van der Waals surface area contributed by atoms with Crippen molar-refractivity contribution in [2.45, 2.75) is 25.3 Å². The molecule has 0 aliphatic heterocycles. The molecule has 1 atom stereocenters. The summed E-state index contributed by atoms with van der Waals surface area (Å²) in [6.07, 6.45) is 2.05. The van der Waals surface area contributed by atoms with Gasteiger partial charge in [-0.1, -0.05) is 0 Å². The zero-order chi connectivity index (χ0) is 14.7. The van der Waals surface area contributed by atoms with Gasteiger partial charge in [-0.3, -0.25) is 14.9 Å². The average molecular weight is 280 g/mol. The SMILES string of the molecule is COc1cc(NC(CC(=O)O)C2CC2)ccc1[N+](=O)[O-]. The van der Waals surface area contributed by atoms with Crippen molar-refractivity contribution in [3.05, 3.63) is 28.3 Å². The second-order valence-corrected chi connectivity index (χ2v) is 4.83. The smallest absolute Gasteiger partial charge is 0.311 e. The number of carbonyl (C=O) groups is 1. The molecule has 0 spiro atoms. The lowest BCUT2D eigenvalue weighted by Crippen LogP contribution is -2.25. The number of hydrogen-bond donors (Lipinski definition) is 2. The Labute approximate surface area is 115 Å². The highest BCUT2D eigenvalue weighted by Gasteiger charge is 2.32. The van der Waals surface area contributed by atoms with Gasteiger partial charge in [0.2, 0.25) is 0 Å². The lowest BCUT2D eigenvalue weighted by Gasteiger charge is -2.18. The Kier molecular flexibility index (Phi) is 4.07. The van der Waals surface area contributed by atoms with Crippen LogP contribution in [0.15, 0.2) is 18.2 Å². The van der Waals surface area contributed by atoms with Crippen LogP contribution in [-0.2, 0) is 4.79 Å². The number of carboxylic acids is 1. The number of nitro groups is 1. The van der Waals surface area contributed by atoms with Gasteiger partial charge in [0.05, 0.1) is 18.5 Å². The minimum atomic E-state index is -0.858. The summed E-state index contributed by atoms with van der Waals surface area (Å²) in [4.78, 5) is 21.1. The molecule has 0 radical (unpaired) electrons. The molecule has 1 saturated carbocycles. The first-order chi connectivity index (χ1) is 9.51. The van der Waals surface area contributed by atoms with Gasteiger partial charge in [-0.15, -0.1) is 0 Å². The third kappa shape index (κ3) is 3.37. The first-order valence-electron chi connectivity index (χ1n) is 6.32. The van der Waals surface area contributed by atoms with Crippen LogP contribution >= 0.6 is 0 Å². The van der Waals surface area contributed by atoms with E-state index in [4.69, 9.17) is 9.84 Å². The van der Waals surface area contributed by atoms with Crippen LogP contribution in [0.2, 0.25) is 0 Å². The molecule has 1 aromatic carbocycles. The maximum Gasteiger partial charge on any atom is 0.311 e. The summed E-state index contributed by atoms with van der Waals surface area (Å²) in [5, 5.41) is 22.8. The van der Waals surface area contributed by atoms with Gasteiger partial charge in [0.1, 0.15) is 0 Å². The molecule has 1 aromatic rings. The Morgan fingerprint density at radius 2 is 2.30 bits per heavy atom. The number of hydrogen-bond acceptors (Lipinski definition) is 5. The number of aliphatic carboxylic acids is 1. The van der Waals surface area contributed by atoms with Crippen molar-refractivity contribution < 1.29 is 19.6 Å². The van der Waals surface area contributed by atoms with Crippen molar-refractivity contribution in [1.82, 2.24) is 0 Å². The number of rotatable bonds is 7. The Morgan fingerprint density at radius 1 is 1.60 bits per heavy atom. The van der Waals surface area contributed by atoms with E-state index in [2.05, 4.69) is 5.32 Å². The molecule has 1 aliphatic carbocycles. The molecule has 2 N–H and O–H groups in total. The van der Waals surface area contributed by atoms with Crippen molar-refractivity contribution in [2.24, 2.45) is 5.92 Å². The number of nitrogens with one attached hydrogen (secondary N) is 1. The van der Waals surface area contributed by atoms with Crippen molar-refractivity contribution in [1.29, 1.82) is 0 Å². The summed E-state index contributed by atoms with van der Waals surface area (Å²) < 4.78 is 4.99. The largest absolute Gasteiger partial charge is 0.490 e. The van der Waals surface area contributed by atoms with E-state index in [0.29, 0.717) is 11.6 Å². The fourth-order valence-corrected chi connectivity index (χ4v) is 2.15. The van der Waals surface area contributed by atoms with Gasteiger partial charge >= 0.3 is 11.7 Å². The fourth-order valence-electron chi connectivity index (χ4n) is 2.15. The second kappa shape index (κ2) is 5.77. The third-order valence-electron chi connectivity index (χ3n) is 3.31. The van der Waals surface area contributed by atoms with Crippen molar-refractivity contribution in [3.8, 4) is 5.75 Å². The van der Waals surface area contributed by atoms with Gasteiger partial charge in [-0.05, 0) is 24.8 Å². The molecule has 7 heteroatoms. The molecule has 0 aromatic heterocycles. The summed E-state index contributed by atoms with van der Waals surface area (Å²) in [6.45, 7) is 0. The molecule has 0 amide bonds. The van der Waals surface area contributed by atoms with Gasteiger partial charge in [0, 0.05) is 23.9 Å². The maximum absolute atomic E-state index is 10.8. The van der Waals surface area contributed by atoms with E-state index < -0.39 is 10.9 Å². The highest BCUT2D eigenvalue weighted by Crippen LogP contribution is 2.37. The molecule has 1 unspecified atom stereocenters. The lowest BCUT2D eigenvalue weighted by molar-refractivity contribution is -0.385. The maximum atomic E-state index is 10.8. The van der Waals surface area contributed by atoms with Crippen LogP contribution in [0.3, 0.4) is 0 Å². The Bertz CT molecular complexity index is 527. The number of ether oxygens (including phenoxy) is 1. The summed E-state index contributed by atoms with van der Waals surface area (Å²) in [5.41, 5.74) is 0.518. The molecule has 108 valence electrons. The molecular formula is C13H16N2O5. The van der Waals surface area contributed by atoms with Gasteiger partial charge in [-0.2, -0.15) is 0 Å². The van der Waals surface area contributed by atoms with Gasteiger partial charge < -0.3 is 15.2 Å². The van der Waals surface area contributed by atoms with E-state index in [1.165, 1.54) is 19.2 Å². The van der Waals surface area contributed by atoms with Gasteiger partial charge in [-0.25, -0.2) is 0 Å². The number of nitro benzene ring substituents is 1. The van der Waals surface area contributed by atoms with Crippen LogP contribution in [0.4, 0.5) is 11.4 Å². The quantitative estimate of drug-likeness (QED) is 0.586. The standard InChI is InChI=1S/C13H16N2O5/c1-20-12-6-9(4-5-11(12)15(18)19)14-10(7-13(16)17)8-2-3-8/h4-6,8,10,14H,2-3,7H2,1H3,(H,16,17). The van der Waals surface area contributed by atoms with Crippen molar-refractivity contribution in [2.75, 3.05) is 12.4 Å². The monoisotopic (exact) mass is 280 g/mol. The summed E-state index contributed by atoms with van der Waals surface area (Å²) in [5.74, 6) is -0.347. The average Bonchev–Trinajstić information content (AvgIpc) is 3.21. The molecule has 0 heterocycles. The first-order valence-corrected chi connectivity index (χ1v) is 6.32. The van der Waals surface area contributed by atoms with Crippen LogP contribution < -0.4 is 10.1 Å². The van der Waals surface area contributed by atoms with Crippen LogP contribution in [0, 0.1) is 16.0 Å². The predicted molar refractivity (Wildman–Crippen MR) is 72.0 cm³/mol. The molecule has 1 aliphatic rings. The molecule has 2 rings (SSSR count). The Balaban J connectivity index is 2.15. The van der Waals surface area contributed by atoms with E-state index in [-0.39, 0.29) is 23.9 Å². The van der Waals surface area contributed by atoms with E-state index in [1.54, 1.807) is 6.07 Å². The van der Waals surface area contributed by atoms with Crippen molar-refractivity contribution >= 4 is 17.3 Å². The zero-order valence-electron chi connectivity index (χ0n) is 11.0. The lowest BCUT2D eigenvalue weighted by atomic mass is 10.1. The number of anilines is 1. The van der Waals surface area contributed by atoms with Crippen molar-refractivity contribution in [3.63, 3.8) is 0 Å². The number of benzene rings is 1. The fraction of sp³-hybridized carbons (Fsp3) is 0.462. The molecular weight excluding hydrogens is 264 g/mol. The first kappa shape index (κ1) is 14.1. The van der Waals surface area contributed by atoms with E-state index in [9.17, 15) is 14.9 Å². The van der Waals surface area contributed by atoms with Gasteiger partial charge in [0.25, 0.3) is 0 Å². The molecule has 1 fully saturated rings. The topological polar surface area (TPSA) is 102 Å². The number of carboxylic acid groups (broad SMARTS) is 1. The Hall–Kier alpha value is -2.31. The summed E-state index contributed by atoms with van der Waals surface area (Å²) >= 11 is 0. The zero-order valence-corrected chi connectivity index (χ0v) is 11.0.